The first-order valence-corrected chi connectivity index (χ1v) is 5.69. The number of rotatable bonds is 3. The molecule has 3 nitrogen and oxygen atoms in total. The predicted molar refractivity (Wildman–Crippen MR) is 67.4 cm³/mol. The first-order chi connectivity index (χ1) is 7.58. The van der Waals surface area contributed by atoms with Crippen molar-refractivity contribution in [2.45, 2.75) is 19.4 Å². The van der Waals surface area contributed by atoms with E-state index in [-0.39, 0.29) is 5.91 Å². The normalized spacial score (nSPS) is 22.6. The molecule has 0 spiro atoms. The van der Waals surface area contributed by atoms with Crippen LogP contribution in [0.25, 0.3) is 0 Å². The summed E-state index contributed by atoms with van der Waals surface area (Å²) >= 11 is 4.84. The van der Waals surface area contributed by atoms with Crippen LogP contribution in [-0.2, 0) is 0 Å². The van der Waals surface area contributed by atoms with Crippen molar-refractivity contribution in [3.63, 3.8) is 0 Å². The molecular formula is C12H14N2OS. The van der Waals surface area contributed by atoms with Crippen LogP contribution in [0.1, 0.15) is 29.3 Å². The molecule has 3 N–H and O–H groups in total. The van der Waals surface area contributed by atoms with Crippen LogP contribution in [0.2, 0.25) is 0 Å². The third-order valence-corrected chi connectivity index (χ3v) is 3.09. The number of hydrogen-bond donors (Lipinski definition) is 2. The molecule has 0 aliphatic heterocycles. The van der Waals surface area contributed by atoms with Gasteiger partial charge >= 0.3 is 0 Å². The van der Waals surface area contributed by atoms with Crippen LogP contribution in [0.5, 0.6) is 0 Å². The molecule has 1 amide bonds. The molecule has 0 radical (unpaired) electrons. The van der Waals surface area contributed by atoms with Crippen LogP contribution in [0.15, 0.2) is 24.3 Å². The summed E-state index contributed by atoms with van der Waals surface area (Å²) in [6, 6.07) is 7.39. The van der Waals surface area contributed by atoms with Gasteiger partial charge in [0, 0.05) is 17.2 Å². The molecule has 0 bridgehead atoms. The summed E-state index contributed by atoms with van der Waals surface area (Å²) in [5.41, 5.74) is 6.92. The van der Waals surface area contributed by atoms with E-state index in [2.05, 4.69) is 12.2 Å². The molecule has 1 aromatic carbocycles. The Morgan fingerprint density at radius 1 is 1.38 bits per heavy atom. The maximum Gasteiger partial charge on any atom is 0.251 e. The Labute approximate surface area is 100 Å². The lowest BCUT2D eigenvalue weighted by molar-refractivity contribution is 0.0949. The van der Waals surface area contributed by atoms with Gasteiger partial charge in [-0.15, -0.1) is 0 Å². The fourth-order valence-corrected chi connectivity index (χ4v) is 1.70. The van der Waals surface area contributed by atoms with Crippen molar-refractivity contribution >= 4 is 23.1 Å². The van der Waals surface area contributed by atoms with Crippen molar-refractivity contribution in [1.29, 1.82) is 0 Å². The Balaban J connectivity index is 2.03. The number of nitrogens with one attached hydrogen (secondary N) is 1. The molecule has 16 heavy (non-hydrogen) atoms. The molecular weight excluding hydrogens is 220 g/mol. The van der Waals surface area contributed by atoms with Gasteiger partial charge in [-0.25, -0.2) is 0 Å². The molecule has 4 heteroatoms. The summed E-state index contributed by atoms with van der Waals surface area (Å²) in [6.07, 6.45) is 1.08. The van der Waals surface area contributed by atoms with Gasteiger partial charge < -0.3 is 11.1 Å². The molecule has 2 atom stereocenters. The van der Waals surface area contributed by atoms with Gasteiger partial charge in [-0.05, 0) is 24.5 Å². The molecule has 0 heterocycles. The van der Waals surface area contributed by atoms with E-state index >= 15 is 0 Å². The zero-order valence-corrected chi connectivity index (χ0v) is 9.88. The average molecular weight is 234 g/mol. The van der Waals surface area contributed by atoms with Crippen LogP contribution in [0.3, 0.4) is 0 Å². The number of nitrogens with two attached hydrogens (primary N) is 1. The van der Waals surface area contributed by atoms with Gasteiger partial charge in [-0.2, -0.15) is 0 Å². The Morgan fingerprint density at radius 2 is 1.88 bits per heavy atom. The van der Waals surface area contributed by atoms with Crippen molar-refractivity contribution in [1.82, 2.24) is 5.32 Å². The average Bonchev–Trinajstić information content (AvgIpc) is 2.94. The predicted octanol–water partition coefficient (Wildman–Crippen LogP) is 1.46. The van der Waals surface area contributed by atoms with Crippen molar-refractivity contribution < 1.29 is 4.79 Å². The Bertz CT molecular complexity index is 427. The van der Waals surface area contributed by atoms with Gasteiger partial charge in [0.05, 0.1) is 0 Å². The van der Waals surface area contributed by atoms with Gasteiger partial charge in [0.2, 0.25) is 0 Å². The minimum Gasteiger partial charge on any atom is -0.389 e. The summed E-state index contributed by atoms with van der Waals surface area (Å²) in [6.45, 7) is 2.13. The standard InChI is InChI=1S/C12H14N2OS/c1-7-6-10(7)14-12(15)9-4-2-8(3-5-9)11(13)16/h2-5,7,10H,6H2,1H3,(H2,13,16)(H,14,15). The molecule has 1 saturated carbocycles. The van der Waals surface area contributed by atoms with E-state index in [9.17, 15) is 4.79 Å². The van der Waals surface area contributed by atoms with E-state index in [0.717, 1.165) is 12.0 Å². The number of hydrogen-bond acceptors (Lipinski definition) is 2. The monoisotopic (exact) mass is 234 g/mol. The van der Waals surface area contributed by atoms with Gasteiger partial charge in [0.1, 0.15) is 4.99 Å². The quantitative estimate of drug-likeness (QED) is 0.778. The number of carbonyl (C=O) groups is 1. The van der Waals surface area contributed by atoms with E-state index in [1.54, 1.807) is 24.3 Å². The third-order valence-electron chi connectivity index (χ3n) is 2.86. The number of benzene rings is 1. The SMILES string of the molecule is CC1CC1NC(=O)c1ccc(C(N)=S)cc1. The second kappa shape index (κ2) is 4.22. The van der Waals surface area contributed by atoms with Crippen LogP contribution in [0, 0.1) is 5.92 Å². The van der Waals surface area contributed by atoms with Crippen LogP contribution in [0.4, 0.5) is 0 Å². The van der Waals surface area contributed by atoms with E-state index in [4.69, 9.17) is 18.0 Å². The number of thiocarbonyl (C=S) groups is 1. The first-order valence-electron chi connectivity index (χ1n) is 5.28. The Morgan fingerprint density at radius 3 is 2.31 bits per heavy atom. The summed E-state index contributed by atoms with van der Waals surface area (Å²) in [4.78, 5) is 12.1. The van der Waals surface area contributed by atoms with Gasteiger partial charge in [0.15, 0.2) is 0 Å². The smallest absolute Gasteiger partial charge is 0.251 e. The summed E-state index contributed by atoms with van der Waals surface area (Å²) in [5.74, 6) is 0.587. The Kier molecular flexibility index (Phi) is 2.92. The molecule has 0 saturated heterocycles. The largest absolute Gasteiger partial charge is 0.389 e. The van der Waals surface area contributed by atoms with Gasteiger partial charge in [0.25, 0.3) is 5.91 Å². The fraction of sp³-hybridized carbons (Fsp3) is 0.333. The lowest BCUT2D eigenvalue weighted by Crippen LogP contribution is -2.26. The third kappa shape index (κ3) is 2.39. The highest BCUT2D eigenvalue weighted by molar-refractivity contribution is 7.80. The lowest BCUT2D eigenvalue weighted by Gasteiger charge is -2.04. The minimum absolute atomic E-state index is 0.0242. The van der Waals surface area contributed by atoms with Gasteiger partial charge in [-0.1, -0.05) is 31.3 Å². The highest BCUT2D eigenvalue weighted by Gasteiger charge is 2.33. The highest BCUT2D eigenvalue weighted by Crippen LogP contribution is 2.29. The van der Waals surface area contributed by atoms with Crippen LogP contribution < -0.4 is 11.1 Å². The van der Waals surface area contributed by atoms with E-state index in [1.807, 2.05) is 0 Å². The van der Waals surface area contributed by atoms with Crippen molar-refractivity contribution in [3.8, 4) is 0 Å². The van der Waals surface area contributed by atoms with Crippen LogP contribution in [-0.4, -0.2) is 16.9 Å². The van der Waals surface area contributed by atoms with Crippen LogP contribution >= 0.6 is 12.2 Å². The Hall–Kier alpha value is -1.42. The molecule has 2 rings (SSSR count). The van der Waals surface area contributed by atoms with Gasteiger partial charge in [-0.3, -0.25) is 4.79 Å². The summed E-state index contributed by atoms with van der Waals surface area (Å²) in [7, 11) is 0. The topological polar surface area (TPSA) is 55.1 Å². The first kappa shape index (κ1) is 11.1. The fourth-order valence-electron chi connectivity index (χ4n) is 1.56. The summed E-state index contributed by atoms with van der Waals surface area (Å²) < 4.78 is 0. The van der Waals surface area contributed by atoms with E-state index in [0.29, 0.717) is 22.5 Å². The molecule has 1 fully saturated rings. The summed E-state index contributed by atoms with van der Waals surface area (Å²) in [5, 5.41) is 2.97. The van der Waals surface area contributed by atoms with Crippen molar-refractivity contribution in [2.75, 3.05) is 0 Å². The van der Waals surface area contributed by atoms with Crippen molar-refractivity contribution in [3.05, 3.63) is 35.4 Å². The molecule has 1 aliphatic carbocycles. The van der Waals surface area contributed by atoms with E-state index < -0.39 is 0 Å². The number of amides is 1. The zero-order chi connectivity index (χ0) is 11.7. The molecule has 2 unspecified atom stereocenters. The molecule has 0 aromatic heterocycles. The minimum atomic E-state index is -0.0242. The molecule has 1 aliphatic rings. The second-order valence-electron chi connectivity index (χ2n) is 4.23. The maximum absolute atomic E-state index is 11.7. The highest BCUT2D eigenvalue weighted by atomic mass is 32.1. The molecule has 84 valence electrons. The maximum atomic E-state index is 11.7. The second-order valence-corrected chi connectivity index (χ2v) is 4.67. The molecule has 1 aromatic rings. The lowest BCUT2D eigenvalue weighted by atomic mass is 10.1. The zero-order valence-electron chi connectivity index (χ0n) is 9.07. The van der Waals surface area contributed by atoms with E-state index in [1.165, 1.54) is 0 Å². The van der Waals surface area contributed by atoms with Crippen molar-refractivity contribution in [2.24, 2.45) is 11.7 Å². The number of carbonyl (C=O) groups excluding carboxylic acids is 1.